The van der Waals surface area contributed by atoms with Gasteiger partial charge in [0.2, 0.25) is 5.91 Å². The van der Waals surface area contributed by atoms with E-state index >= 15 is 0 Å². The Hall–Kier alpha value is -3.67. The number of rotatable bonds is 6. The average Bonchev–Trinajstić information content (AvgIpc) is 3.42. The number of ether oxygens (including phenoxy) is 1. The molecule has 2 aliphatic rings. The van der Waals surface area contributed by atoms with E-state index in [1.54, 1.807) is 31.2 Å². The summed E-state index contributed by atoms with van der Waals surface area (Å²) in [5.74, 6) is -1.24. The smallest absolute Gasteiger partial charge is 0.263 e. The third-order valence-electron chi connectivity index (χ3n) is 5.74. The molecule has 3 unspecified atom stereocenters. The predicted octanol–water partition coefficient (Wildman–Crippen LogP) is 2.14. The molecular weight excluding hydrogens is 477 g/mol. The van der Waals surface area contributed by atoms with Crippen LogP contribution in [0.15, 0.2) is 54.6 Å². The van der Waals surface area contributed by atoms with Crippen LogP contribution in [0.4, 0.5) is 15.9 Å². The molecule has 12 heteroatoms. The van der Waals surface area contributed by atoms with Gasteiger partial charge in [-0.25, -0.2) is 14.5 Å². The minimum absolute atomic E-state index is 0.0190. The molecule has 3 heterocycles. The Bertz CT molecular complexity index is 1270. The maximum Gasteiger partial charge on any atom is 0.263 e. The summed E-state index contributed by atoms with van der Waals surface area (Å²) in [6, 6.07) is 14.8. The Labute approximate surface area is 205 Å². The number of para-hydroxylation sites is 1. The minimum atomic E-state index is -0.734. The Morgan fingerprint density at radius 3 is 2.89 bits per heavy atom. The molecule has 2 amide bonds. The summed E-state index contributed by atoms with van der Waals surface area (Å²) in [6.45, 7) is 1.81. The second-order valence-electron chi connectivity index (χ2n) is 8.22. The molecule has 2 aromatic carbocycles. The first-order chi connectivity index (χ1) is 16.9. The Balaban J connectivity index is 1.32. The summed E-state index contributed by atoms with van der Waals surface area (Å²) in [5.41, 5.74) is 4.67. The zero-order valence-electron chi connectivity index (χ0n) is 18.7. The zero-order chi connectivity index (χ0) is 24.5. The first kappa shape index (κ1) is 23.1. The average molecular weight is 500 g/mol. The van der Waals surface area contributed by atoms with Crippen LogP contribution in [-0.2, 0) is 9.59 Å². The lowest BCUT2D eigenvalue weighted by Crippen LogP contribution is -2.61. The van der Waals surface area contributed by atoms with Crippen molar-refractivity contribution in [2.24, 2.45) is 5.92 Å². The number of nitrogens with zero attached hydrogens (tertiary/aromatic N) is 3. The number of fused-ring (bicyclic) bond motifs is 1. The van der Waals surface area contributed by atoms with E-state index in [0.29, 0.717) is 23.1 Å². The first-order valence-electron chi connectivity index (χ1n) is 11.0. The lowest BCUT2D eigenvalue weighted by atomic mass is 10.0. The largest absolute Gasteiger partial charge is 0.481 e. The van der Waals surface area contributed by atoms with Crippen molar-refractivity contribution < 1.29 is 18.7 Å². The summed E-state index contributed by atoms with van der Waals surface area (Å²) >= 11 is 6.16. The fraction of sp³-hybridized carbons (Fsp3) is 0.261. The molecule has 2 aliphatic heterocycles. The van der Waals surface area contributed by atoms with Gasteiger partial charge >= 0.3 is 0 Å². The van der Waals surface area contributed by atoms with E-state index in [-0.39, 0.29) is 23.7 Å². The Morgan fingerprint density at radius 1 is 1.26 bits per heavy atom. The van der Waals surface area contributed by atoms with Gasteiger partial charge in [-0.2, -0.15) is 5.10 Å². The van der Waals surface area contributed by atoms with Crippen molar-refractivity contribution in [3.8, 4) is 5.75 Å². The van der Waals surface area contributed by atoms with Gasteiger partial charge in [0.15, 0.2) is 24.5 Å². The summed E-state index contributed by atoms with van der Waals surface area (Å²) < 4.78 is 20.5. The van der Waals surface area contributed by atoms with Crippen LogP contribution in [0, 0.1) is 18.7 Å². The normalized spacial score (nSPS) is 21.4. The standard InChI is InChI=1S/C23H23ClFN7O3/c1-13-9-19(27-20(33)12-35-18-8-3-2-7-17(18)25)32(30-13)23-28-21-16(22(34)29-23)11-26-31(21)15-6-4-5-14(24)10-15/h2-10,16,21,23,26,28H,11-12H2,1H3,(H,27,33)(H,29,34). The van der Waals surface area contributed by atoms with Crippen LogP contribution in [0.1, 0.15) is 12.0 Å². The fourth-order valence-electron chi connectivity index (χ4n) is 4.16. The number of carbonyl (C=O) groups excluding carboxylic acids is 2. The third-order valence-corrected chi connectivity index (χ3v) is 5.97. The third kappa shape index (κ3) is 4.78. The van der Waals surface area contributed by atoms with Gasteiger partial charge in [0, 0.05) is 17.6 Å². The predicted molar refractivity (Wildman–Crippen MR) is 127 cm³/mol. The van der Waals surface area contributed by atoms with Gasteiger partial charge in [0.1, 0.15) is 12.0 Å². The molecule has 3 atom stereocenters. The summed E-state index contributed by atoms with van der Waals surface area (Å²) in [6.07, 6.45) is -1.12. The first-order valence-corrected chi connectivity index (χ1v) is 11.3. The number of benzene rings is 2. The second-order valence-corrected chi connectivity index (χ2v) is 8.66. The maximum atomic E-state index is 13.8. The monoisotopic (exact) mass is 499 g/mol. The quantitative estimate of drug-likeness (QED) is 0.411. The fourth-order valence-corrected chi connectivity index (χ4v) is 4.34. The Morgan fingerprint density at radius 2 is 2.09 bits per heavy atom. The van der Waals surface area contributed by atoms with Gasteiger partial charge in [0.05, 0.1) is 17.3 Å². The van der Waals surface area contributed by atoms with Crippen molar-refractivity contribution in [3.63, 3.8) is 0 Å². The van der Waals surface area contributed by atoms with E-state index in [1.165, 1.54) is 22.9 Å². The van der Waals surface area contributed by atoms with Gasteiger partial charge in [-0.1, -0.05) is 29.8 Å². The van der Waals surface area contributed by atoms with Crippen LogP contribution in [-0.4, -0.2) is 40.9 Å². The van der Waals surface area contributed by atoms with E-state index in [1.807, 2.05) is 17.1 Å². The number of anilines is 2. The number of hydrogen-bond acceptors (Lipinski definition) is 7. The number of halogens is 2. The second kappa shape index (κ2) is 9.53. The minimum Gasteiger partial charge on any atom is -0.481 e. The van der Waals surface area contributed by atoms with Crippen molar-refractivity contribution in [3.05, 3.63) is 71.1 Å². The van der Waals surface area contributed by atoms with Crippen LogP contribution >= 0.6 is 11.6 Å². The van der Waals surface area contributed by atoms with Crippen molar-refractivity contribution in [1.29, 1.82) is 0 Å². The van der Waals surface area contributed by atoms with Crippen LogP contribution in [0.3, 0.4) is 0 Å². The zero-order valence-corrected chi connectivity index (χ0v) is 19.4. The number of nitrogens with one attached hydrogen (secondary N) is 4. The SMILES string of the molecule is Cc1cc(NC(=O)COc2ccccc2F)n(C2NC(=O)C3CNN(c4cccc(Cl)c4)C3N2)n1. The molecule has 10 nitrogen and oxygen atoms in total. The van der Waals surface area contributed by atoms with Crippen molar-refractivity contribution in [1.82, 2.24) is 25.8 Å². The summed E-state index contributed by atoms with van der Waals surface area (Å²) in [5, 5.41) is 15.9. The molecule has 182 valence electrons. The lowest BCUT2D eigenvalue weighted by Gasteiger charge is -2.37. The molecule has 0 spiro atoms. The maximum absolute atomic E-state index is 13.8. The molecular formula is C23H23ClFN7O3. The number of hydrogen-bond donors (Lipinski definition) is 4. The van der Waals surface area contributed by atoms with Crippen molar-refractivity contribution >= 4 is 34.9 Å². The van der Waals surface area contributed by atoms with Gasteiger partial charge < -0.3 is 15.4 Å². The van der Waals surface area contributed by atoms with E-state index in [0.717, 1.165) is 5.69 Å². The van der Waals surface area contributed by atoms with Gasteiger partial charge in [-0.3, -0.25) is 19.9 Å². The van der Waals surface area contributed by atoms with Crippen LogP contribution in [0.25, 0.3) is 0 Å². The topological polar surface area (TPSA) is 113 Å². The van der Waals surface area contributed by atoms with E-state index < -0.39 is 24.6 Å². The molecule has 0 aliphatic carbocycles. The Kier molecular flexibility index (Phi) is 6.29. The molecule has 3 aromatic rings. The van der Waals surface area contributed by atoms with E-state index in [9.17, 15) is 14.0 Å². The molecule has 0 saturated carbocycles. The highest BCUT2D eigenvalue weighted by atomic mass is 35.5. The van der Waals surface area contributed by atoms with Gasteiger partial charge in [0.25, 0.3) is 5.91 Å². The molecule has 5 rings (SSSR count). The summed E-state index contributed by atoms with van der Waals surface area (Å²) in [4.78, 5) is 25.4. The number of amides is 2. The number of aromatic nitrogens is 2. The molecule has 0 radical (unpaired) electrons. The summed E-state index contributed by atoms with van der Waals surface area (Å²) in [7, 11) is 0. The van der Waals surface area contributed by atoms with Crippen LogP contribution in [0.2, 0.25) is 5.02 Å². The van der Waals surface area contributed by atoms with Gasteiger partial charge in [-0.05, 0) is 37.3 Å². The van der Waals surface area contributed by atoms with Crippen molar-refractivity contribution in [2.75, 3.05) is 23.5 Å². The molecule has 0 bridgehead atoms. The molecule has 1 aromatic heterocycles. The number of aryl methyl sites for hydroxylation is 1. The molecule has 35 heavy (non-hydrogen) atoms. The molecule has 4 N–H and O–H groups in total. The van der Waals surface area contributed by atoms with Crippen LogP contribution in [0.5, 0.6) is 5.75 Å². The lowest BCUT2D eigenvalue weighted by molar-refractivity contribution is -0.129. The van der Waals surface area contributed by atoms with E-state index in [4.69, 9.17) is 16.3 Å². The van der Waals surface area contributed by atoms with E-state index in [2.05, 4.69) is 26.5 Å². The highest BCUT2D eigenvalue weighted by Gasteiger charge is 2.45. The van der Waals surface area contributed by atoms with Gasteiger partial charge in [-0.15, -0.1) is 0 Å². The number of carbonyl (C=O) groups is 2. The molecule has 2 fully saturated rings. The van der Waals surface area contributed by atoms with Crippen LogP contribution < -0.4 is 31.1 Å². The number of hydrazine groups is 1. The highest BCUT2D eigenvalue weighted by molar-refractivity contribution is 6.30. The molecule has 2 saturated heterocycles. The van der Waals surface area contributed by atoms with Crippen molar-refractivity contribution in [2.45, 2.75) is 19.4 Å². The highest BCUT2D eigenvalue weighted by Crippen LogP contribution is 2.29.